The third-order valence-electron chi connectivity index (χ3n) is 3.76. The van der Waals surface area contributed by atoms with Crippen LogP contribution in [-0.2, 0) is 0 Å². The SMILES string of the molecule is CCCNC(c1cncc(OCCC)c1)C(C)C(C)C. The van der Waals surface area contributed by atoms with E-state index in [1.807, 2.05) is 6.20 Å². The van der Waals surface area contributed by atoms with Gasteiger partial charge in [0, 0.05) is 12.2 Å². The molecule has 1 heterocycles. The molecule has 2 atom stereocenters. The van der Waals surface area contributed by atoms with Crippen LogP contribution in [0.1, 0.15) is 59.1 Å². The Morgan fingerprint density at radius 3 is 2.50 bits per heavy atom. The zero-order valence-electron chi connectivity index (χ0n) is 13.6. The van der Waals surface area contributed by atoms with Crippen LogP contribution < -0.4 is 10.1 Å². The number of nitrogens with zero attached hydrogens (tertiary/aromatic N) is 1. The topological polar surface area (TPSA) is 34.2 Å². The molecule has 0 aliphatic heterocycles. The van der Waals surface area contributed by atoms with Crippen molar-refractivity contribution in [1.82, 2.24) is 10.3 Å². The summed E-state index contributed by atoms with van der Waals surface area (Å²) in [7, 11) is 0. The molecule has 1 N–H and O–H groups in total. The van der Waals surface area contributed by atoms with Crippen LogP contribution in [0.5, 0.6) is 5.75 Å². The van der Waals surface area contributed by atoms with Crippen molar-refractivity contribution in [3.8, 4) is 5.75 Å². The van der Waals surface area contributed by atoms with E-state index in [2.05, 4.69) is 51.0 Å². The van der Waals surface area contributed by atoms with Gasteiger partial charge < -0.3 is 10.1 Å². The van der Waals surface area contributed by atoms with E-state index in [9.17, 15) is 0 Å². The first-order valence-electron chi connectivity index (χ1n) is 7.91. The molecule has 0 aliphatic carbocycles. The highest BCUT2D eigenvalue weighted by Gasteiger charge is 2.22. The van der Waals surface area contributed by atoms with E-state index in [4.69, 9.17) is 4.74 Å². The van der Waals surface area contributed by atoms with Gasteiger partial charge in [0.25, 0.3) is 0 Å². The lowest BCUT2D eigenvalue weighted by Gasteiger charge is -2.28. The van der Waals surface area contributed by atoms with Crippen LogP contribution in [0, 0.1) is 11.8 Å². The second-order valence-electron chi connectivity index (χ2n) is 5.84. The fraction of sp³-hybridized carbons (Fsp3) is 0.706. The summed E-state index contributed by atoms with van der Waals surface area (Å²) in [5.41, 5.74) is 1.23. The minimum absolute atomic E-state index is 0.340. The van der Waals surface area contributed by atoms with E-state index >= 15 is 0 Å². The first-order valence-corrected chi connectivity index (χ1v) is 7.91. The Balaban J connectivity index is 2.88. The van der Waals surface area contributed by atoms with Crippen molar-refractivity contribution in [3.05, 3.63) is 24.0 Å². The number of hydrogen-bond donors (Lipinski definition) is 1. The molecule has 3 nitrogen and oxygen atoms in total. The Morgan fingerprint density at radius 1 is 1.15 bits per heavy atom. The van der Waals surface area contributed by atoms with Crippen molar-refractivity contribution in [3.63, 3.8) is 0 Å². The minimum Gasteiger partial charge on any atom is -0.492 e. The molecule has 0 bridgehead atoms. The van der Waals surface area contributed by atoms with E-state index in [-0.39, 0.29) is 0 Å². The summed E-state index contributed by atoms with van der Waals surface area (Å²) in [6.07, 6.45) is 5.92. The number of rotatable bonds is 9. The van der Waals surface area contributed by atoms with Crippen LogP contribution in [0.3, 0.4) is 0 Å². The maximum absolute atomic E-state index is 5.70. The lowest BCUT2D eigenvalue weighted by Crippen LogP contribution is -2.30. The van der Waals surface area contributed by atoms with Crippen molar-refractivity contribution in [2.24, 2.45) is 11.8 Å². The maximum Gasteiger partial charge on any atom is 0.137 e. The molecule has 0 aliphatic rings. The van der Waals surface area contributed by atoms with Crippen LogP contribution in [0.15, 0.2) is 18.5 Å². The molecule has 0 saturated carbocycles. The first kappa shape index (κ1) is 17.0. The molecule has 3 heteroatoms. The van der Waals surface area contributed by atoms with Crippen molar-refractivity contribution < 1.29 is 4.74 Å². The van der Waals surface area contributed by atoms with E-state index in [1.165, 1.54) is 5.56 Å². The molecule has 1 aromatic heterocycles. The van der Waals surface area contributed by atoms with Gasteiger partial charge in [-0.25, -0.2) is 0 Å². The predicted octanol–water partition coefficient (Wildman–Crippen LogP) is 4.20. The fourth-order valence-corrected chi connectivity index (χ4v) is 2.20. The number of aromatic nitrogens is 1. The van der Waals surface area contributed by atoms with Crippen LogP contribution >= 0.6 is 0 Å². The summed E-state index contributed by atoms with van der Waals surface area (Å²) >= 11 is 0. The largest absolute Gasteiger partial charge is 0.492 e. The second kappa shape index (κ2) is 8.96. The first-order chi connectivity index (χ1) is 9.60. The van der Waals surface area contributed by atoms with Gasteiger partial charge in [0.2, 0.25) is 0 Å². The van der Waals surface area contributed by atoms with E-state index in [0.717, 1.165) is 31.7 Å². The molecule has 2 unspecified atom stereocenters. The fourth-order valence-electron chi connectivity index (χ4n) is 2.20. The Morgan fingerprint density at radius 2 is 1.90 bits per heavy atom. The predicted molar refractivity (Wildman–Crippen MR) is 85.1 cm³/mol. The van der Waals surface area contributed by atoms with Gasteiger partial charge in [0.1, 0.15) is 5.75 Å². The highest BCUT2D eigenvalue weighted by molar-refractivity contribution is 5.26. The number of hydrogen-bond acceptors (Lipinski definition) is 3. The van der Waals surface area contributed by atoms with E-state index < -0.39 is 0 Å². The molecule has 0 amide bonds. The molecule has 1 aromatic rings. The Bertz CT molecular complexity index is 379. The third kappa shape index (κ3) is 5.12. The quantitative estimate of drug-likeness (QED) is 0.735. The van der Waals surface area contributed by atoms with E-state index in [0.29, 0.717) is 17.9 Å². The van der Waals surface area contributed by atoms with Gasteiger partial charge in [-0.05, 0) is 42.9 Å². The van der Waals surface area contributed by atoms with Gasteiger partial charge in [0.05, 0.1) is 12.8 Å². The molecular formula is C17H30N2O. The smallest absolute Gasteiger partial charge is 0.137 e. The molecule has 0 fully saturated rings. The van der Waals surface area contributed by atoms with Crippen molar-refractivity contribution >= 4 is 0 Å². The summed E-state index contributed by atoms with van der Waals surface area (Å²) in [4.78, 5) is 4.34. The monoisotopic (exact) mass is 278 g/mol. The average molecular weight is 278 g/mol. The van der Waals surface area contributed by atoms with Crippen molar-refractivity contribution in [2.45, 2.75) is 53.5 Å². The Hall–Kier alpha value is -1.09. The zero-order valence-corrected chi connectivity index (χ0v) is 13.6. The van der Waals surface area contributed by atoms with Crippen LogP contribution in [0.2, 0.25) is 0 Å². The van der Waals surface area contributed by atoms with Crippen LogP contribution in [-0.4, -0.2) is 18.1 Å². The lowest BCUT2D eigenvalue weighted by molar-refractivity contribution is 0.297. The van der Waals surface area contributed by atoms with Gasteiger partial charge in [-0.1, -0.05) is 34.6 Å². The van der Waals surface area contributed by atoms with Crippen LogP contribution in [0.25, 0.3) is 0 Å². The number of pyridine rings is 1. The highest BCUT2D eigenvalue weighted by atomic mass is 16.5. The third-order valence-corrected chi connectivity index (χ3v) is 3.76. The highest BCUT2D eigenvalue weighted by Crippen LogP contribution is 2.29. The standard InChI is InChI=1S/C17H30N2O/c1-6-8-19-17(14(5)13(3)4)15-10-16(12-18-11-15)20-9-7-2/h10-14,17,19H,6-9H2,1-5H3. The molecule has 0 spiro atoms. The summed E-state index contributed by atoms with van der Waals surface area (Å²) in [6.45, 7) is 12.9. The van der Waals surface area contributed by atoms with Gasteiger partial charge in [-0.3, -0.25) is 4.98 Å². The summed E-state index contributed by atoms with van der Waals surface area (Å²) in [6, 6.07) is 2.47. The zero-order chi connectivity index (χ0) is 15.0. The van der Waals surface area contributed by atoms with Gasteiger partial charge in [-0.15, -0.1) is 0 Å². The van der Waals surface area contributed by atoms with Crippen molar-refractivity contribution in [2.75, 3.05) is 13.2 Å². The summed E-state index contributed by atoms with van der Waals surface area (Å²) < 4.78 is 5.70. The van der Waals surface area contributed by atoms with Gasteiger partial charge >= 0.3 is 0 Å². The van der Waals surface area contributed by atoms with Gasteiger partial charge in [0.15, 0.2) is 0 Å². The second-order valence-corrected chi connectivity index (χ2v) is 5.84. The van der Waals surface area contributed by atoms with Crippen LogP contribution in [0.4, 0.5) is 0 Å². The Kier molecular flexibility index (Phi) is 7.60. The number of ether oxygens (including phenoxy) is 1. The molecule has 20 heavy (non-hydrogen) atoms. The maximum atomic E-state index is 5.70. The van der Waals surface area contributed by atoms with Crippen molar-refractivity contribution in [1.29, 1.82) is 0 Å². The average Bonchev–Trinajstić information content (AvgIpc) is 2.45. The molecule has 0 aromatic carbocycles. The minimum atomic E-state index is 0.340. The molecule has 114 valence electrons. The molecule has 0 saturated heterocycles. The van der Waals surface area contributed by atoms with E-state index in [1.54, 1.807) is 6.20 Å². The Labute approximate surface area is 124 Å². The molecule has 0 radical (unpaired) electrons. The summed E-state index contributed by atoms with van der Waals surface area (Å²) in [5.74, 6) is 2.07. The molecular weight excluding hydrogens is 248 g/mol. The molecule has 1 rings (SSSR count). The van der Waals surface area contributed by atoms with Gasteiger partial charge in [-0.2, -0.15) is 0 Å². The normalized spacial score (nSPS) is 14.3. The summed E-state index contributed by atoms with van der Waals surface area (Å²) in [5, 5.41) is 3.65. The lowest BCUT2D eigenvalue weighted by atomic mass is 9.86. The number of nitrogens with one attached hydrogen (secondary N) is 1.